The first-order valence-corrected chi connectivity index (χ1v) is 10.5. The van der Waals surface area contributed by atoms with E-state index in [-0.39, 0.29) is 11.7 Å². The second-order valence-corrected chi connectivity index (χ2v) is 8.57. The molecule has 180 valence electrons. The summed E-state index contributed by atoms with van der Waals surface area (Å²) < 4.78 is 57.0. The number of carbonyl (C=O) groups is 1. The van der Waals surface area contributed by atoms with Crippen LogP contribution in [0.3, 0.4) is 0 Å². The van der Waals surface area contributed by atoms with E-state index in [4.69, 9.17) is 9.72 Å². The highest BCUT2D eigenvalue weighted by Gasteiger charge is 2.47. The Morgan fingerprint density at radius 3 is 2.50 bits per heavy atom. The molecule has 0 spiro atoms. The summed E-state index contributed by atoms with van der Waals surface area (Å²) in [6.07, 6.45) is -0.845. The molecule has 7 nitrogen and oxygen atoms in total. The van der Waals surface area contributed by atoms with E-state index in [0.717, 1.165) is 4.68 Å². The van der Waals surface area contributed by atoms with Gasteiger partial charge in [-0.15, -0.1) is 0 Å². The molecular weight excluding hydrogens is 454 g/mol. The van der Waals surface area contributed by atoms with E-state index in [0.29, 0.717) is 39.5 Å². The number of halogens is 4. The Hall–Kier alpha value is -3.50. The number of anilines is 1. The molecule has 34 heavy (non-hydrogen) atoms. The van der Waals surface area contributed by atoms with Gasteiger partial charge in [-0.1, -0.05) is 0 Å². The van der Waals surface area contributed by atoms with Crippen LogP contribution in [0.15, 0.2) is 30.7 Å². The molecule has 0 aromatic carbocycles. The molecule has 0 bridgehead atoms. The van der Waals surface area contributed by atoms with Crippen molar-refractivity contribution in [1.29, 1.82) is 0 Å². The Labute approximate surface area is 193 Å². The first-order valence-electron chi connectivity index (χ1n) is 10.5. The molecule has 1 aliphatic heterocycles. The molecule has 0 radical (unpaired) electrons. The first kappa shape index (κ1) is 23.7. The number of aryl methyl sites for hydroxylation is 2. The monoisotopic (exact) mass is 477 g/mol. The number of aromatic nitrogens is 4. The van der Waals surface area contributed by atoms with Crippen molar-refractivity contribution in [2.75, 3.05) is 11.5 Å². The van der Waals surface area contributed by atoms with Crippen molar-refractivity contribution in [3.8, 4) is 17.0 Å². The van der Waals surface area contributed by atoms with E-state index >= 15 is 0 Å². The maximum atomic E-state index is 13.4. The van der Waals surface area contributed by atoms with Crippen molar-refractivity contribution in [3.63, 3.8) is 0 Å². The molecule has 0 atom stereocenters. The Balaban J connectivity index is 1.73. The maximum absolute atomic E-state index is 13.4. The smallest absolute Gasteiger partial charge is 0.272 e. The third-order valence-electron chi connectivity index (χ3n) is 5.68. The van der Waals surface area contributed by atoms with Gasteiger partial charge in [-0.2, -0.15) is 5.10 Å². The summed E-state index contributed by atoms with van der Waals surface area (Å²) in [4.78, 5) is 23.8. The van der Waals surface area contributed by atoms with Crippen LogP contribution in [0.2, 0.25) is 0 Å². The zero-order chi connectivity index (χ0) is 24.8. The summed E-state index contributed by atoms with van der Waals surface area (Å²) in [5.41, 5.74) is 2.58. The highest BCUT2D eigenvalue weighted by molar-refractivity contribution is 6.12. The Morgan fingerprint density at radius 1 is 1.09 bits per heavy atom. The summed E-state index contributed by atoms with van der Waals surface area (Å²) in [6, 6.07) is 3.31. The lowest BCUT2D eigenvalue weighted by Gasteiger charge is -2.30. The van der Waals surface area contributed by atoms with E-state index in [1.165, 1.54) is 17.3 Å². The predicted octanol–water partition coefficient (Wildman–Crippen LogP) is 4.76. The largest absolute Gasteiger partial charge is 0.486 e. The van der Waals surface area contributed by atoms with Crippen molar-refractivity contribution in [3.05, 3.63) is 53.2 Å². The van der Waals surface area contributed by atoms with Crippen LogP contribution in [0.4, 0.5) is 23.2 Å². The van der Waals surface area contributed by atoms with E-state index < -0.39 is 31.5 Å². The zero-order valence-corrected chi connectivity index (χ0v) is 19.0. The van der Waals surface area contributed by atoms with Crippen LogP contribution in [-0.4, -0.2) is 45.1 Å². The van der Waals surface area contributed by atoms with Gasteiger partial charge in [0.2, 0.25) is 0 Å². The van der Waals surface area contributed by atoms with E-state index in [1.54, 1.807) is 32.2 Å². The number of ether oxygens (including phenoxy) is 1. The van der Waals surface area contributed by atoms with E-state index in [1.807, 2.05) is 13.8 Å². The van der Waals surface area contributed by atoms with Crippen LogP contribution in [-0.2, 0) is 12.1 Å². The zero-order valence-electron chi connectivity index (χ0n) is 19.0. The summed E-state index contributed by atoms with van der Waals surface area (Å²) >= 11 is 0. The average Bonchev–Trinajstić information content (AvgIpc) is 3.26. The van der Waals surface area contributed by atoms with Gasteiger partial charge < -0.3 is 4.74 Å². The Morgan fingerprint density at radius 2 is 1.82 bits per heavy atom. The standard InChI is InChI=1S/C23H23F4N5O2/c1-12-5-16(14-6-17(13(2)28-7-14)34-11-19(26)27)30-21-20(12)22(33)32(23(21,3)4)15-8-29-31(9-15)10-18(24)25/h5-9,18-19H,10-11H2,1-4H3. The summed E-state index contributed by atoms with van der Waals surface area (Å²) in [7, 11) is 0. The topological polar surface area (TPSA) is 73.1 Å². The maximum Gasteiger partial charge on any atom is 0.272 e. The molecule has 4 heterocycles. The number of rotatable bonds is 7. The van der Waals surface area contributed by atoms with Gasteiger partial charge in [-0.05, 0) is 45.4 Å². The van der Waals surface area contributed by atoms with E-state index in [2.05, 4.69) is 10.1 Å². The number of amides is 1. The molecule has 3 aromatic heterocycles. The van der Waals surface area contributed by atoms with Gasteiger partial charge in [-0.25, -0.2) is 22.5 Å². The van der Waals surface area contributed by atoms with Crippen LogP contribution in [0.5, 0.6) is 5.75 Å². The third kappa shape index (κ3) is 4.22. The highest BCUT2D eigenvalue weighted by atomic mass is 19.3. The quantitative estimate of drug-likeness (QED) is 0.459. The van der Waals surface area contributed by atoms with Crippen LogP contribution >= 0.6 is 0 Å². The number of hydrogen-bond donors (Lipinski definition) is 0. The van der Waals surface area contributed by atoms with Gasteiger partial charge in [-0.3, -0.25) is 19.4 Å². The molecule has 0 saturated heterocycles. The SMILES string of the molecule is Cc1cc(-c2cnc(C)c(OCC(F)F)c2)nc2c1C(=O)N(c1cnn(CC(F)F)c1)C2(C)C. The second kappa shape index (κ2) is 8.69. The van der Waals surface area contributed by atoms with Crippen LogP contribution < -0.4 is 9.64 Å². The van der Waals surface area contributed by atoms with Crippen LogP contribution in [0, 0.1) is 13.8 Å². The Bertz CT molecular complexity index is 1240. The lowest BCUT2D eigenvalue weighted by molar-refractivity contribution is 0.0814. The van der Waals surface area contributed by atoms with Crippen molar-refractivity contribution in [2.24, 2.45) is 0 Å². The average molecular weight is 477 g/mol. The molecule has 4 rings (SSSR count). The lowest BCUT2D eigenvalue weighted by Crippen LogP contribution is -2.39. The molecule has 11 heteroatoms. The minimum atomic E-state index is -2.62. The molecule has 1 amide bonds. The fourth-order valence-corrected chi connectivity index (χ4v) is 4.11. The predicted molar refractivity (Wildman–Crippen MR) is 117 cm³/mol. The molecule has 3 aromatic rings. The van der Waals surface area contributed by atoms with Gasteiger partial charge in [0.25, 0.3) is 18.8 Å². The molecule has 0 fully saturated rings. The number of alkyl halides is 4. The van der Waals surface area contributed by atoms with Crippen LogP contribution in [0.1, 0.15) is 41.2 Å². The van der Waals surface area contributed by atoms with Gasteiger partial charge >= 0.3 is 0 Å². The summed E-state index contributed by atoms with van der Waals surface area (Å²) in [5.74, 6) is -0.0858. The van der Waals surface area contributed by atoms with Gasteiger partial charge in [0.1, 0.15) is 18.9 Å². The highest BCUT2D eigenvalue weighted by Crippen LogP contribution is 2.43. The number of nitrogens with zero attached hydrogens (tertiary/aromatic N) is 5. The number of pyridine rings is 2. The molecule has 0 N–H and O–H groups in total. The second-order valence-electron chi connectivity index (χ2n) is 8.57. The fourth-order valence-electron chi connectivity index (χ4n) is 4.11. The molecule has 0 aliphatic carbocycles. The molecule has 0 saturated carbocycles. The summed E-state index contributed by atoms with van der Waals surface area (Å²) in [6.45, 7) is 5.72. The third-order valence-corrected chi connectivity index (χ3v) is 5.68. The van der Waals surface area contributed by atoms with Crippen molar-refractivity contribution < 1.29 is 27.1 Å². The van der Waals surface area contributed by atoms with Crippen LogP contribution in [0.25, 0.3) is 11.3 Å². The minimum Gasteiger partial charge on any atom is -0.486 e. The van der Waals surface area contributed by atoms with Crippen molar-refractivity contribution in [2.45, 2.75) is 52.6 Å². The van der Waals surface area contributed by atoms with E-state index in [9.17, 15) is 22.4 Å². The van der Waals surface area contributed by atoms with Crippen molar-refractivity contribution in [1.82, 2.24) is 19.7 Å². The Kier molecular flexibility index (Phi) is 6.05. The first-order chi connectivity index (χ1) is 16.0. The van der Waals surface area contributed by atoms with Gasteiger partial charge in [0.05, 0.1) is 40.1 Å². The lowest BCUT2D eigenvalue weighted by atomic mass is 9.96. The number of hydrogen-bond acceptors (Lipinski definition) is 5. The number of carbonyl (C=O) groups excluding carboxylic acids is 1. The number of fused-ring (bicyclic) bond motifs is 1. The molecule has 0 unspecified atom stereocenters. The minimum absolute atomic E-state index is 0.223. The van der Waals surface area contributed by atoms with Crippen molar-refractivity contribution >= 4 is 11.6 Å². The fraction of sp³-hybridized carbons (Fsp3) is 0.391. The normalized spacial score (nSPS) is 14.9. The molecule has 1 aliphatic rings. The van der Waals surface area contributed by atoms with Gasteiger partial charge in [0.15, 0.2) is 0 Å². The summed E-state index contributed by atoms with van der Waals surface area (Å²) in [5, 5.41) is 3.95. The molecular formula is C23H23F4N5O2. The van der Waals surface area contributed by atoms with Gasteiger partial charge in [0, 0.05) is 18.0 Å².